The molecule has 0 amide bonds. The number of carbonyl (C=O) groups is 1. The van der Waals surface area contributed by atoms with Gasteiger partial charge in [0.2, 0.25) is 0 Å². The minimum atomic E-state index is -4.54. The minimum Gasteiger partial charge on any atom is -0.295 e. The van der Waals surface area contributed by atoms with E-state index in [2.05, 4.69) is 11.7 Å². The highest BCUT2D eigenvalue weighted by Crippen LogP contribution is 2.30. The van der Waals surface area contributed by atoms with Crippen LogP contribution in [0.4, 0.5) is 17.6 Å². The van der Waals surface area contributed by atoms with Crippen LogP contribution in [0.3, 0.4) is 0 Å². The number of aliphatic imine (C=N–C) groups is 1. The first kappa shape index (κ1) is 20.1. The zero-order valence-electron chi connectivity index (χ0n) is 13.8. The maximum atomic E-state index is 13.7. The molecule has 6 heteroatoms. The summed E-state index contributed by atoms with van der Waals surface area (Å²) in [6.07, 6.45) is -1.89. The molecule has 0 saturated heterocycles. The van der Waals surface area contributed by atoms with Gasteiger partial charge >= 0.3 is 6.18 Å². The molecular weight excluding hydrogens is 322 g/mol. The van der Waals surface area contributed by atoms with Gasteiger partial charge in [0, 0.05) is 11.3 Å². The third-order valence-electron chi connectivity index (χ3n) is 3.81. The van der Waals surface area contributed by atoms with Crippen LogP contribution in [-0.4, -0.2) is 12.5 Å². The van der Waals surface area contributed by atoms with Crippen LogP contribution in [0.25, 0.3) is 0 Å². The number of nitrogens with zero attached hydrogens (tertiary/aromatic N) is 1. The maximum absolute atomic E-state index is 13.7. The maximum Gasteiger partial charge on any atom is 0.416 e. The van der Waals surface area contributed by atoms with Gasteiger partial charge in [0.1, 0.15) is 5.82 Å². The zero-order valence-corrected chi connectivity index (χ0v) is 13.8. The van der Waals surface area contributed by atoms with Crippen molar-refractivity contribution in [2.75, 3.05) is 0 Å². The summed E-state index contributed by atoms with van der Waals surface area (Å²) in [6.45, 7) is 6.80. The number of rotatable bonds is 8. The molecule has 0 aromatic heterocycles. The van der Waals surface area contributed by atoms with E-state index < -0.39 is 17.6 Å². The van der Waals surface area contributed by atoms with Crippen molar-refractivity contribution in [3.8, 4) is 0 Å². The summed E-state index contributed by atoms with van der Waals surface area (Å²) >= 11 is 0. The highest BCUT2D eigenvalue weighted by Gasteiger charge is 2.31. The fraction of sp³-hybridized carbons (Fsp3) is 0.444. The topological polar surface area (TPSA) is 29.4 Å². The fourth-order valence-corrected chi connectivity index (χ4v) is 2.52. The number of unbranched alkanes of at least 4 members (excludes halogenated alkanes) is 1. The summed E-state index contributed by atoms with van der Waals surface area (Å²) < 4.78 is 51.2. The second-order valence-electron chi connectivity index (χ2n) is 5.50. The molecule has 0 fully saturated rings. The van der Waals surface area contributed by atoms with E-state index in [4.69, 9.17) is 0 Å². The second-order valence-corrected chi connectivity index (χ2v) is 5.50. The molecule has 0 N–H and O–H groups in total. The normalized spacial score (nSPS) is 12.8. The van der Waals surface area contributed by atoms with Crippen LogP contribution in [0.15, 0.2) is 34.5 Å². The number of alkyl halides is 3. The Morgan fingerprint density at radius 3 is 2.38 bits per heavy atom. The van der Waals surface area contributed by atoms with Crippen molar-refractivity contribution in [2.45, 2.75) is 52.1 Å². The number of Topliss-reactive ketones (excluding diaryl/α,β-unsaturated/α-hetero) is 1. The second kappa shape index (κ2) is 8.76. The Morgan fingerprint density at radius 1 is 1.25 bits per heavy atom. The van der Waals surface area contributed by atoms with Crippen molar-refractivity contribution in [1.29, 1.82) is 0 Å². The van der Waals surface area contributed by atoms with Gasteiger partial charge in [-0.1, -0.05) is 13.0 Å². The van der Waals surface area contributed by atoms with Crippen molar-refractivity contribution in [1.82, 2.24) is 0 Å². The summed E-state index contributed by atoms with van der Waals surface area (Å²) in [5.41, 5.74) is 0.532. The molecule has 1 aromatic rings. The standard InChI is InChI=1S/C18H21F4NO/c1-4-15(12(2)24)17(23-3)8-6-5-7-13-9-10-14(11-16(13)19)18(20,21)22/h9-11H,3-8H2,1-2H3/b17-15-. The van der Waals surface area contributed by atoms with Crippen LogP contribution in [0.1, 0.15) is 50.7 Å². The van der Waals surface area contributed by atoms with Crippen LogP contribution in [-0.2, 0) is 17.4 Å². The van der Waals surface area contributed by atoms with Gasteiger partial charge in [0.05, 0.1) is 5.56 Å². The van der Waals surface area contributed by atoms with Gasteiger partial charge in [-0.15, -0.1) is 0 Å². The van der Waals surface area contributed by atoms with Crippen molar-refractivity contribution in [3.63, 3.8) is 0 Å². The predicted octanol–water partition coefficient (Wildman–Crippen LogP) is 5.51. The molecule has 0 atom stereocenters. The molecule has 0 heterocycles. The Hall–Kier alpha value is -1.98. The monoisotopic (exact) mass is 343 g/mol. The van der Waals surface area contributed by atoms with Gasteiger partial charge in [-0.05, 0) is 63.4 Å². The molecule has 0 aliphatic heterocycles. The lowest BCUT2D eigenvalue weighted by molar-refractivity contribution is -0.137. The van der Waals surface area contributed by atoms with Crippen LogP contribution in [0.2, 0.25) is 0 Å². The number of hydrogen-bond acceptors (Lipinski definition) is 2. The molecule has 0 bridgehead atoms. The van der Waals surface area contributed by atoms with Gasteiger partial charge in [-0.2, -0.15) is 13.2 Å². The van der Waals surface area contributed by atoms with E-state index in [1.54, 1.807) is 0 Å². The average molecular weight is 343 g/mol. The molecule has 0 unspecified atom stereocenters. The Kier molecular flexibility index (Phi) is 7.32. The van der Waals surface area contributed by atoms with Crippen LogP contribution >= 0.6 is 0 Å². The van der Waals surface area contributed by atoms with Crippen molar-refractivity contribution in [2.24, 2.45) is 4.99 Å². The number of benzene rings is 1. The summed E-state index contributed by atoms with van der Waals surface area (Å²) in [5, 5.41) is 0. The van der Waals surface area contributed by atoms with Crippen molar-refractivity contribution >= 4 is 12.5 Å². The van der Waals surface area contributed by atoms with E-state index >= 15 is 0 Å². The van der Waals surface area contributed by atoms with Crippen molar-refractivity contribution in [3.05, 3.63) is 46.4 Å². The quantitative estimate of drug-likeness (QED) is 0.265. The van der Waals surface area contributed by atoms with Gasteiger partial charge in [0.15, 0.2) is 5.78 Å². The van der Waals surface area contributed by atoms with Crippen LogP contribution < -0.4 is 0 Å². The van der Waals surface area contributed by atoms with E-state index in [-0.39, 0.29) is 11.3 Å². The fourth-order valence-electron chi connectivity index (χ4n) is 2.52. The van der Waals surface area contributed by atoms with Gasteiger partial charge in [-0.25, -0.2) is 4.39 Å². The number of ketones is 1. The first-order valence-electron chi connectivity index (χ1n) is 7.76. The molecule has 24 heavy (non-hydrogen) atoms. The zero-order chi connectivity index (χ0) is 18.3. The Labute approximate surface area is 139 Å². The van der Waals surface area contributed by atoms with Crippen LogP contribution in [0, 0.1) is 5.82 Å². The molecule has 0 radical (unpaired) electrons. The lowest BCUT2D eigenvalue weighted by Crippen LogP contribution is -2.06. The molecule has 0 aliphatic rings. The van der Waals surface area contributed by atoms with E-state index in [9.17, 15) is 22.4 Å². The third kappa shape index (κ3) is 5.58. The molecule has 132 valence electrons. The molecular formula is C18H21F4NO. The molecule has 0 saturated carbocycles. The molecule has 1 aromatic carbocycles. The summed E-state index contributed by atoms with van der Waals surface area (Å²) in [7, 11) is 0. The largest absolute Gasteiger partial charge is 0.416 e. The lowest BCUT2D eigenvalue weighted by Gasteiger charge is -2.10. The predicted molar refractivity (Wildman–Crippen MR) is 86.5 cm³/mol. The van der Waals surface area contributed by atoms with Gasteiger partial charge in [0.25, 0.3) is 0 Å². The van der Waals surface area contributed by atoms with E-state index in [0.29, 0.717) is 49.4 Å². The highest BCUT2D eigenvalue weighted by atomic mass is 19.4. The Morgan fingerprint density at radius 2 is 1.92 bits per heavy atom. The Balaban J connectivity index is 2.65. The van der Waals surface area contributed by atoms with Gasteiger partial charge < -0.3 is 0 Å². The number of hydrogen-bond donors (Lipinski definition) is 0. The smallest absolute Gasteiger partial charge is 0.295 e. The molecule has 0 spiro atoms. The van der Waals surface area contributed by atoms with Crippen molar-refractivity contribution < 1.29 is 22.4 Å². The number of carbonyl (C=O) groups excluding carboxylic acids is 1. The SMILES string of the molecule is C=N/C(CCCCc1ccc(C(F)(F)F)cc1F)=C(/CC)C(C)=O. The average Bonchev–Trinajstić information content (AvgIpc) is 2.50. The number of allylic oxidation sites excluding steroid dienone is 2. The number of halogens is 4. The third-order valence-corrected chi connectivity index (χ3v) is 3.81. The van der Waals surface area contributed by atoms with Gasteiger partial charge in [-0.3, -0.25) is 9.79 Å². The minimum absolute atomic E-state index is 0.0475. The number of aryl methyl sites for hydroxylation is 1. The first-order chi connectivity index (χ1) is 11.2. The molecule has 0 aliphatic carbocycles. The highest BCUT2D eigenvalue weighted by molar-refractivity contribution is 5.94. The van der Waals surface area contributed by atoms with E-state index in [0.717, 1.165) is 6.07 Å². The Bertz CT molecular complexity index is 632. The van der Waals surface area contributed by atoms with E-state index in [1.807, 2.05) is 6.92 Å². The summed E-state index contributed by atoms with van der Waals surface area (Å²) in [4.78, 5) is 15.4. The first-order valence-corrected chi connectivity index (χ1v) is 7.76. The summed E-state index contributed by atoms with van der Waals surface area (Å²) in [6, 6.07) is 2.59. The molecule has 1 rings (SSSR count). The van der Waals surface area contributed by atoms with Crippen LogP contribution in [0.5, 0.6) is 0 Å². The lowest BCUT2D eigenvalue weighted by atomic mass is 10.0. The summed E-state index contributed by atoms with van der Waals surface area (Å²) in [5.74, 6) is -0.894. The van der Waals surface area contributed by atoms with E-state index in [1.165, 1.54) is 13.0 Å². The molecule has 2 nitrogen and oxygen atoms in total.